The van der Waals surface area contributed by atoms with Gasteiger partial charge in [-0.3, -0.25) is 9.18 Å². The van der Waals surface area contributed by atoms with Crippen LogP contribution in [-0.2, 0) is 16.1 Å². The molecule has 1 aliphatic rings. The summed E-state index contributed by atoms with van der Waals surface area (Å²) in [6, 6.07) is 111. The monoisotopic (exact) mass is 1540 g/mol. The summed E-state index contributed by atoms with van der Waals surface area (Å²) in [5.74, 6) is -0.323. The Bertz CT molecular complexity index is 5690. The first-order valence-electron chi connectivity index (χ1n) is 31.8. The van der Waals surface area contributed by atoms with E-state index in [1.54, 1.807) is 6.07 Å². The molecule has 4 nitrogen and oxygen atoms in total. The molecule has 17 aromatic rings. The number of carbonyl (C=O) groups excluding carboxylic acids is 1. The second kappa shape index (κ2) is 31.8. The third-order valence-electron chi connectivity index (χ3n) is 17.9. The van der Waals surface area contributed by atoms with Crippen LogP contribution in [-0.4, -0.2) is 18.2 Å². The maximum absolute atomic E-state index is 13.8. The summed E-state index contributed by atoms with van der Waals surface area (Å²) in [6.07, 6.45) is 1.06. The van der Waals surface area contributed by atoms with Gasteiger partial charge in [0.1, 0.15) is 5.82 Å². The first-order chi connectivity index (χ1) is 47.2. The van der Waals surface area contributed by atoms with Crippen molar-refractivity contribution >= 4 is 116 Å². The normalized spacial score (nSPS) is 11.2. The number of aromatic nitrogens is 1. The van der Waals surface area contributed by atoms with Gasteiger partial charge in [-0.2, -0.15) is 0 Å². The van der Waals surface area contributed by atoms with Gasteiger partial charge >= 0.3 is 138 Å². The van der Waals surface area contributed by atoms with Gasteiger partial charge in [-0.25, -0.2) is 4.39 Å². The molecule has 0 fully saturated rings. The molecule has 1 aliphatic carbocycles. The maximum atomic E-state index is 13.8. The van der Waals surface area contributed by atoms with Gasteiger partial charge in [-0.15, -0.1) is 0 Å². The maximum Gasteiger partial charge on any atom is 1.00 e. The van der Waals surface area contributed by atoms with Crippen LogP contribution in [0.1, 0.15) is 13.9 Å². The molecule has 0 bridgehead atoms. The third-order valence-corrected chi connectivity index (χ3v) is 18.3. The van der Waals surface area contributed by atoms with E-state index in [4.69, 9.17) is 34.6 Å². The summed E-state index contributed by atoms with van der Waals surface area (Å²) in [5, 5.41) is 26.9. The summed E-state index contributed by atoms with van der Waals surface area (Å²) in [6.45, 7) is -0.181. The number of hydrogen-bond donors (Lipinski definition) is 0. The number of fused-ring (bicyclic) bond motifs is 18. The predicted molar refractivity (Wildman–Crippen MR) is 394 cm³/mol. The fourth-order valence-electron chi connectivity index (χ4n) is 13.8. The molecule has 10 heteroatoms. The van der Waals surface area contributed by atoms with E-state index in [9.17, 15) is 8.78 Å². The molecule has 0 radical (unpaired) electrons. The molecule has 16 aromatic carbocycles. The summed E-state index contributed by atoms with van der Waals surface area (Å²) in [4.78, 5) is 11.2. The number of alkyl halides is 1. The standard InChI is InChI=1S/C42H26ClN.C24H14ClF.C19H14.CH3F.CH2O3.2Cs.H/c43-31-22-30(28-18-20-37-35-14-5-4-12-33(35)34-13-6-7-15-36(34)40(37)24-28)23-32(26-31)44-41-17-9-8-16-38(41)39-21-19-29(25-42(39)44)27-10-2-1-3-11-27;25-17-11-16(12-18(26)14-17)15-9-10-23-21-7-2-1-5-19(21)20-6-3-4-8-22(20)24(23)13-15;1-2-6-14(7-3-1)15-10-11-19-17(12-15)13-16-8-4-5-9-18(16)19;1-2;2-1-4-3;;;/h1-26H;1-14H;1-12H,13H2;1H3;1,3H;;;/q;;;;;2*+1;-1/p-1/i;;;1D;;;;. The Kier molecular flexibility index (Phi) is 22.4. The molecule has 460 valence electrons. The molecule has 1 heterocycles. The van der Waals surface area contributed by atoms with Gasteiger partial charge in [0, 0.05) is 26.5 Å². The van der Waals surface area contributed by atoms with Crippen molar-refractivity contribution in [3.05, 3.63) is 342 Å². The van der Waals surface area contributed by atoms with Gasteiger partial charge in [0.25, 0.3) is 6.47 Å². The minimum absolute atomic E-state index is 0. The molecule has 0 N–H and O–H groups in total. The van der Waals surface area contributed by atoms with Crippen LogP contribution >= 0.6 is 23.2 Å². The van der Waals surface area contributed by atoms with Crippen LogP contribution in [0.3, 0.4) is 0 Å². The zero-order valence-electron chi connectivity index (χ0n) is 55.2. The number of carbonyl (C=O) groups is 1. The van der Waals surface area contributed by atoms with Crippen molar-refractivity contribution in [3.63, 3.8) is 0 Å². The van der Waals surface area contributed by atoms with Crippen LogP contribution in [0.4, 0.5) is 8.78 Å². The minimum Gasteiger partial charge on any atom is -1.00 e. The second-order valence-corrected chi connectivity index (χ2v) is 24.1. The summed E-state index contributed by atoms with van der Waals surface area (Å²) in [5.41, 5.74) is 18.1. The molecule has 0 unspecified atom stereocenters. The van der Waals surface area contributed by atoms with Crippen molar-refractivity contribution in [1.82, 2.24) is 4.57 Å². The number of rotatable bonds is 6. The van der Waals surface area contributed by atoms with E-state index < -0.39 is 7.15 Å². The van der Waals surface area contributed by atoms with Crippen LogP contribution in [0, 0.1) is 5.82 Å². The van der Waals surface area contributed by atoms with E-state index in [1.165, 1.54) is 127 Å². The zero-order valence-corrected chi connectivity index (χ0v) is 67.3. The van der Waals surface area contributed by atoms with Gasteiger partial charge in [-0.1, -0.05) is 278 Å². The molecule has 0 aliphatic heterocycles. The van der Waals surface area contributed by atoms with Gasteiger partial charge in [0.2, 0.25) is 0 Å². The fourth-order valence-corrected chi connectivity index (χ4v) is 14.2. The average Bonchev–Trinajstić information content (AvgIpc) is 1.14. The Labute approximate surface area is 691 Å². The van der Waals surface area contributed by atoms with E-state index in [0.29, 0.717) is 10.0 Å². The van der Waals surface area contributed by atoms with Crippen LogP contribution in [0.15, 0.2) is 315 Å². The Morgan fingerprint density at radius 2 is 0.732 bits per heavy atom. The Morgan fingerprint density at radius 1 is 0.371 bits per heavy atom. The Balaban J connectivity index is 0.000000153. The molecule has 0 saturated carbocycles. The number of hydrogen-bond acceptors (Lipinski definition) is 3. The van der Waals surface area contributed by atoms with Crippen molar-refractivity contribution in [3.8, 4) is 61.3 Å². The predicted octanol–water partition coefficient (Wildman–Crippen LogP) is 17.9. The average molecular weight is 1540 g/mol. The van der Waals surface area contributed by atoms with Crippen molar-refractivity contribution in [2.45, 2.75) is 6.42 Å². The first-order valence-corrected chi connectivity index (χ1v) is 31.8. The van der Waals surface area contributed by atoms with Crippen LogP contribution in [0.25, 0.3) is 148 Å². The summed E-state index contributed by atoms with van der Waals surface area (Å²) in [7, 11) is -1.00. The van der Waals surface area contributed by atoms with Gasteiger partial charge in [0.15, 0.2) is 0 Å². The topological polar surface area (TPSA) is 54.3 Å². The van der Waals surface area contributed by atoms with E-state index in [2.05, 4.69) is 301 Å². The molecule has 1 aromatic heterocycles. The van der Waals surface area contributed by atoms with Gasteiger partial charge in [-0.05, 0) is 198 Å². The molecular formula is C87H59Cl2Cs2F2NO3. The largest absolute Gasteiger partial charge is 1.00 e. The third kappa shape index (κ3) is 14.4. The number of para-hydroxylation sites is 1. The molecule has 0 atom stereocenters. The molecule has 18 rings (SSSR count). The molecule has 0 amide bonds. The summed E-state index contributed by atoms with van der Waals surface area (Å²) < 4.78 is 31.7. The zero-order chi connectivity index (χ0) is 65.7. The quantitative estimate of drug-likeness (QED) is 0.0721. The number of halogens is 4. The van der Waals surface area contributed by atoms with Crippen LogP contribution in [0.5, 0.6) is 0 Å². The van der Waals surface area contributed by atoms with Crippen molar-refractivity contribution in [2.24, 2.45) is 0 Å². The second-order valence-electron chi connectivity index (χ2n) is 23.3. The SMILES string of the molecule is Clc1cc(-c2ccc3c4ccccc4c4ccccc4c3c2)cc(-n2c3ccccc3c3ccc(-c4ccccc4)cc32)c1.Fc1cc(Cl)cc(-c2ccc3c4ccccc4c4ccccc4c3c2)c1.O=CO[O-].[2H]CF.[Cs+].[Cs+].[H-].c1ccc(-c2ccc3c(c2)Cc2ccccc2-3)cc1. The van der Waals surface area contributed by atoms with Gasteiger partial charge < -0.3 is 16.1 Å². The Morgan fingerprint density at radius 3 is 1.23 bits per heavy atom. The smallest absolute Gasteiger partial charge is 1.00 e. The van der Waals surface area contributed by atoms with E-state index in [0.717, 1.165) is 50.8 Å². The van der Waals surface area contributed by atoms with Crippen molar-refractivity contribution in [2.75, 3.05) is 7.15 Å². The Hall–Kier alpha value is -7.15. The van der Waals surface area contributed by atoms with E-state index in [1.807, 2.05) is 6.07 Å². The molecular weight excluding hydrogens is 1480 g/mol. The molecule has 97 heavy (non-hydrogen) atoms. The van der Waals surface area contributed by atoms with E-state index in [-0.39, 0.29) is 152 Å². The first kappa shape index (κ1) is 68.4. The molecule has 0 spiro atoms. The fraction of sp³-hybridized carbons (Fsp3) is 0.0230. The number of benzene rings is 16. The van der Waals surface area contributed by atoms with Crippen molar-refractivity contribution < 1.29 is 164 Å². The van der Waals surface area contributed by atoms with E-state index >= 15 is 0 Å². The number of nitrogens with zero attached hydrogens (tertiary/aromatic N) is 1. The molecule has 0 saturated heterocycles. The van der Waals surface area contributed by atoms with Crippen molar-refractivity contribution in [1.29, 1.82) is 0 Å². The van der Waals surface area contributed by atoms with Gasteiger partial charge in [0.05, 0.1) is 19.6 Å². The minimum atomic E-state index is -1.00. The van der Waals surface area contributed by atoms with Crippen LogP contribution in [0.2, 0.25) is 10.0 Å². The summed E-state index contributed by atoms with van der Waals surface area (Å²) >= 11 is 13.0. The van der Waals surface area contributed by atoms with Crippen LogP contribution < -0.4 is 143 Å².